The summed E-state index contributed by atoms with van der Waals surface area (Å²) in [5.74, 6) is -0.662. The highest BCUT2D eigenvalue weighted by atomic mass is 16.6. The second-order valence-electron chi connectivity index (χ2n) is 5.31. The summed E-state index contributed by atoms with van der Waals surface area (Å²) in [5.41, 5.74) is 0.00834. The van der Waals surface area contributed by atoms with Gasteiger partial charge in [-0.25, -0.2) is 9.59 Å². The van der Waals surface area contributed by atoms with Crippen LogP contribution in [-0.4, -0.2) is 34.6 Å². The standard InChI is InChI=1S/C14H21N3O4/c1-6-17-9-10(8-15-17)7-11(12(18)20-5)16-13(19)21-14(2,3)4/h7-9H,6H2,1-5H3,(H,16,19). The van der Waals surface area contributed by atoms with Crippen LogP contribution in [0.5, 0.6) is 0 Å². The summed E-state index contributed by atoms with van der Waals surface area (Å²) in [7, 11) is 1.24. The molecule has 0 unspecified atom stereocenters. The maximum atomic E-state index is 11.7. The van der Waals surface area contributed by atoms with E-state index in [1.165, 1.54) is 13.2 Å². The zero-order chi connectivity index (χ0) is 16.0. The minimum atomic E-state index is -0.720. The van der Waals surface area contributed by atoms with Crippen LogP contribution in [0, 0.1) is 0 Å². The van der Waals surface area contributed by atoms with Crippen molar-refractivity contribution in [2.45, 2.75) is 39.8 Å². The molecular formula is C14H21N3O4. The number of nitrogens with one attached hydrogen (secondary N) is 1. The monoisotopic (exact) mass is 295 g/mol. The Kier molecular flexibility index (Phi) is 5.52. The third-order valence-electron chi connectivity index (χ3n) is 2.33. The maximum Gasteiger partial charge on any atom is 0.412 e. The van der Waals surface area contributed by atoms with Gasteiger partial charge in [0.2, 0.25) is 0 Å². The van der Waals surface area contributed by atoms with E-state index in [0.717, 1.165) is 0 Å². The maximum absolute atomic E-state index is 11.7. The average Bonchev–Trinajstić information content (AvgIpc) is 2.82. The molecule has 0 spiro atoms. The van der Waals surface area contributed by atoms with Crippen molar-refractivity contribution in [2.75, 3.05) is 7.11 Å². The number of carbonyl (C=O) groups excluding carboxylic acids is 2. The van der Waals surface area contributed by atoms with Crippen LogP contribution in [-0.2, 0) is 20.8 Å². The van der Waals surface area contributed by atoms with E-state index in [4.69, 9.17) is 4.74 Å². The van der Waals surface area contributed by atoms with E-state index >= 15 is 0 Å². The summed E-state index contributed by atoms with van der Waals surface area (Å²) in [6.07, 6.45) is 4.10. The lowest BCUT2D eigenvalue weighted by atomic mass is 10.2. The topological polar surface area (TPSA) is 82.5 Å². The molecule has 0 aliphatic heterocycles. The number of methoxy groups -OCH3 is 1. The van der Waals surface area contributed by atoms with Gasteiger partial charge >= 0.3 is 12.1 Å². The van der Waals surface area contributed by atoms with Gasteiger partial charge in [0.1, 0.15) is 11.3 Å². The number of nitrogens with zero attached hydrogens (tertiary/aromatic N) is 2. The molecule has 1 N–H and O–H groups in total. The molecule has 0 fully saturated rings. The third-order valence-corrected chi connectivity index (χ3v) is 2.33. The zero-order valence-corrected chi connectivity index (χ0v) is 13.0. The van der Waals surface area contributed by atoms with Crippen LogP contribution in [0.2, 0.25) is 0 Å². The lowest BCUT2D eigenvalue weighted by molar-refractivity contribution is -0.136. The number of alkyl carbamates (subject to hydrolysis) is 1. The van der Waals surface area contributed by atoms with Gasteiger partial charge in [-0.05, 0) is 33.8 Å². The number of hydrogen-bond donors (Lipinski definition) is 1. The third kappa shape index (κ3) is 5.68. The molecule has 0 saturated carbocycles. The summed E-state index contributed by atoms with van der Waals surface area (Å²) in [4.78, 5) is 23.4. The Morgan fingerprint density at radius 1 is 1.43 bits per heavy atom. The first-order valence-electron chi connectivity index (χ1n) is 6.57. The molecule has 0 aliphatic rings. The average molecular weight is 295 g/mol. The van der Waals surface area contributed by atoms with E-state index < -0.39 is 17.7 Å². The molecule has 1 aromatic rings. The predicted octanol–water partition coefficient (Wildman–Crippen LogP) is 1.94. The summed E-state index contributed by atoms with van der Waals surface area (Å²) >= 11 is 0. The molecule has 0 bridgehead atoms. The molecule has 21 heavy (non-hydrogen) atoms. The van der Waals surface area contributed by atoms with Crippen molar-refractivity contribution in [3.8, 4) is 0 Å². The smallest absolute Gasteiger partial charge is 0.412 e. The predicted molar refractivity (Wildman–Crippen MR) is 77.3 cm³/mol. The quantitative estimate of drug-likeness (QED) is 0.678. The molecule has 1 amide bonds. The van der Waals surface area contributed by atoms with E-state index in [-0.39, 0.29) is 5.70 Å². The Balaban J connectivity index is 2.90. The molecule has 0 aliphatic carbocycles. The number of aromatic nitrogens is 2. The first-order valence-corrected chi connectivity index (χ1v) is 6.57. The van der Waals surface area contributed by atoms with Crippen LogP contribution in [0.15, 0.2) is 18.1 Å². The van der Waals surface area contributed by atoms with Crippen LogP contribution < -0.4 is 5.32 Å². The Morgan fingerprint density at radius 3 is 2.57 bits per heavy atom. The summed E-state index contributed by atoms with van der Waals surface area (Å²) in [6.45, 7) is 7.86. The van der Waals surface area contributed by atoms with E-state index in [0.29, 0.717) is 12.1 Å². The van der Waals surface area contributed by atoms with Crippen LogP contribution in [0.1, 0.15) is 33.3 Å². The molecular weight excluding hydrogens is 274 g/mol. The highest BCUT2D eigenvalue weighted by Gasteiger charge is 2.20. The minimum Gasteiger partial charge on any atom is -0.464 e. The Hall–Kier alpha value is -2.31. The molecule has 0 radical (unpaired) electrons. The summed E-state index contributed by atoms with van der Waals surface area (Å²) in [6, 6.07) is 0. The van der Waals surface area contributed by atoms with Crippen molar-refractivity contribution in [1.82, 2.24) is 15.1 Å². The molecule has 0 saturated heterocycles. The van der Waals surface area contributed by atoms with Crippen molar-refractivity contribution in [3.05, 3.63) is 23.7 Å². The number of ether oxygens (including phenoxy) is 2. The molecule has 0 aromatic carbocycles. The van der Waals surface area contributed by atoms with Gasteiger partial charge in [-0.15, -0.1) is 0 Å². The van der Waals surface area contributed by atoms with Crippen LogP contribution in [0.25, 0.3) is 6.08 Å². The van der Waals surface area contributed by atoms with Gasteiger partial charge in [0.15, 0.2) is 0 Å². The van der Waals surface area contributed by atoms with Crippen LogP contribution in [0.3, 0.4) is 0 Å². The van der Waals surface area contributed by atoms with Crippen molar-refractivity contribution < 1.29 is 19.1 Å². The van der Waals surface area contributed by atoms with Gasteiger partial charge in [-0.3, -0.25) is 10.00 Å². The van der Waals surface area contributed by atoms with Gasteiger partial charge in [0, 0.05) is 18.3 Å². The number of rotatable bonds is 4. The zero-order valence-electron chi connectivity index (χ0n) is 13.0. The number of esters is 1. The number of hydrogen-bond acceptors (Lipinski definition) is 5. The van der Waals surface area contributed by atoms with E-state index in [2.05, 4.69) is 15.2 Å². The second kappa shape index (κ2) is 6.92. The van der Waals surface area contributed by atoms with Crippen LogP contribution in [0.4, 0.5) is 4.79 Å². The Labute approximate surface area is 123 Å². The fraction of sp³-hybridized carbons (Fsp3) is 0.500. The van der Waals surface area contributed by atoms with Crippen molar-refractivity contribution >= 4 is 18.1 Å². The molecule has 1 aromatic heterocycles. The highest BCUT2D eigenvalue weighted by Crippen LogP contribution is 2.09. The summed E-state index contributed by atoms with van der Waals surface area (Å²) < 4.78 is 11.5. The van der Waals surface area contributed by atoms with Crippen molar-refractivity contribution in [2.24, 2.45) is 0 Å². The van der Waals surface area contributed by atoms with Crippen molar-refractivity contribution in [3.63, 3.8) is 0 Å². The number of amides is 1. The highest BCUT2D eigenvalue weighted by molar-refractivity contribution is 5.96. The Morgan fingerprint density at radius 2 is 2.10 bits per heavy atom. The molecule has 7 heteroatoms. The first kappa shape index (κ1) is 16.7. The lowest BCUT2D eigenvalue weighted by Gasteiger charge is -2.20. The van der Waals surface area contributed by atoms with Gasteiger partial charge < -0.3 is 9.47 Å². The largest absolute Gasteiger partial charge is 0.464 e. The van der Waals surface area contributed by atoms with E-state index in [1.807, 2.05) is 6.92 Å². The second-order valence-corrected chi connectivity index (χ2v) is 5.31. The van der Waals surface area contributed by atoms with E-state index in [1.54, 1.807) is 37.8 Å². The van der Waals surface area contributed by atoms with Gasteiger partial charge in [0.05, 0.1) is 13.3 Å². The normalized spacial score (nSPS) is 12.0. The summed E-state index contributed by atoms with van der Waals surface area (Å²) in [5, 5.41) is 6.48. The number of aryl methyl sites for hydroxylation is 1. The Bertz CT molecular complexity index is 541. The fourth-order valence-electron chi connectivity index (χ4n) is 1.46. The van der Waals surface area contributed by atoms with Gasteiger partial charge in [-0.1, -0.05) is 0 Å². The molecule has 116 valence electrons. The van der Waals surface area contributed by atoms with Gasteiger partial charge in [-0.2, -0.15) is 5.10 Å². The molecule has 1 heterocycles. The van der Waals surface area contributed by atoms with Crippen LogP contribution >= 0.6 is 0 Å². The minimum absolute atomic E-state index is 0.0117. The fourth-order valence-corrected chi connectivity index (χ4v) is 1.46. The first-order chi connectivity index (χ1) is 9.75. The SMILES string of the molecule is CCn1cc(C=C(NC(=O)OC(C)(C)C)C(=O)OC)cn1. The lowest BCUT2D eigenvalue weighted by Crippen LogP contribution is -2.34. The van der Waals surface area contributed by atoms with E-state index in [9.17, 15) is 9.59 Å². The molecule has 7 nitrogen and oxygen atoms in total. The number of carbonyl (C=O) groups is 2. The van der Waals surface area contributed by atoms with Gasteiger partial charge in [0.25, 0.3) is 0 Å². The van der Waals surface area contributed by atoms with Crippen molar-refractivity contribution in [1.29, 1.82) is 0 Å². The molecule has 1 rings (SSSR count). The molecule has 0 atom stereocenters.